The molecule has 16 heavy (non-hydrogen) atoms. The Labute approximate surface area is 93.1 Å². The lowest BCUT2D eigenvalue weighted by Crippen LogP contribution is -2.16. The Morgan fingerprint density at radius 3 is 2.62 bits per heavy atom. The zero-order chi connectivity index (χ0) is 11.5. The first-order chi connectivity index (χ1) is 7.70. The zero-order valence-electron chi connectivity index (χ0n) is 8.99. The number of rotatable bonds is 2. The summed E-state index contributed by atoms with van der Waals surface area (Å²) in [6.45, 7) is 1.03. The van der Waals surface area contributed by atoms with Crippen molar-refractivity contribution in [3.63, 3.8) is 0 Å². The van der Waals surface area contributed by atoms with E-state index in [4.69, 9.17) is 15.2 Å². The molecule has 0 fully saturated rings. The van der Waals surface area contributed by atoms with Crippen molar-refractivity contribution < 1.29 is 19.0 Å². The van der Waals surface area contributed by atoms with E-state index in [9.17, 15) is 4.79 Å². The van der Waals surface area contributed by atoms with Gasteiger partial charge in [0.2, 0.25) is 0 Å². The molecular weight excluding hydrogens is 210 g/mol. The molecule has 1 aromatic carbocycles. The molecule has 2 N–H and O–H groups in total. The molecular formula is C11H13NO4. The fourth-order valence-electron chi connectivity index (χ4n) is 1.53. The van der Waals surface area contributed by atoms with Crippen LogP contribution in [0.4, 0.5) is 5.69 Å². The normalized spacial score (nSPS) is 13.3. The number of methoxy groups -OCH3 is 1. The Morgan fingerprint density at radius 2 is 2.00 bits per heavy atom. The molecule has 1 heterocycles. The number of nitrogen functional groups attached to an aromatic ring is 1. The van der Waals surface area contributed by atoms with Crippen LogP contribution in [-0.2, 0) is 16.0 Å². The first-order valence-corrected chi connectivity index (χ1v) is 4.95. The van der Waals surface area contributed by atoms with Crippen molar-refractivity contribution in [1.82, 2.24) is 0 Å². The topological polar surface area (TPSA) is 70.8 Å². The number of carbonyl (C=O) groups is 1. The van der Waals surface area contributed by atoms with E-state index in [0.717, 1.165) is 0 Å². The van der Waals surface area contributed by atoms with Gasteiger partial charge in [0, 0.05) is 11.8 Å². The van der Waals surface area contributed by atoms with E-state index in [1.54, 1.807) is 12.1 Å². The predicted octanol–water partition coefficient (Wildman–Crippen LogP) is 0.755. The molecule has 0 amide bonds. The molecule has 1 aromatic rings. The maximum absolute atomic E-state index is 11.2. The molecule has 86 valence electrons. The van der Waals surface area contributed by atoms with Gasteiger partial charge in [-0.1, -0.05) is 0 Å². The van der Waals surface area contributed by atoms with Crippen LogP contribution in [0, 0.1) is 0 Å². The lowest BCUT2D eigenvalue weighted by molar-refractivity contribution is -0.139. The lowest BCUT2D eigenvalue weighted by atomic mass is 10.1. The Kier molecular flexibility index (Phi) is 2.85. The highest BCUT2D eigenvalue weighted by Gasteiger charge is 2.16. The van der Waals surface area contributed by atoms with Crippen LogP contribution >= 0.6 is 0 Å². The molecule has 2 rings (SSSR count). The highest BCUT2D eigenvalue weighted by atomic mass is 16.6. The van der Waals surface area contributed by atoms with Crippen molar-refractivity contribution in [3.05, 3.63) is 17.7 Å². The summed E-state index contributed by atoms with van der Waals surface area (Å²) in [4.78, 5) is 11.2. The van der Waals surface area contributed by atoms with Crippen molar-refractivity contribution in [2.75, 3.05) is 26.1 Å². The van der Waals surface area contributed by atoms with Gasteiger partial charge in [0.1, 0.15) is 13.2 Å². The van der Waals surface area contributed by atoms with Crippen molar-refractivity contribution in [1.29, 1.82) is 0 Å². The Bertz CT molecular complexity index is 417. The van der Waals surface area contributed by atoms with E-state index in [2.05, 4.69) is 4.74 Å². The highest BCUT2D eigenvalue weighted by molar-refractivity contribution is 5.75. The van der Waals surface area contributed by atoms with E-state index in [1.165, 1.54) is 7.11 Å². The maximum Gasteiger partial charge on any atom is 0.310 e. The van der Waals surface area contributed by atoms with Crippen molar-refractivity contribution in [3.8, 4) is 11.5 Å². The number of anilines is 1. The molecule has 5 nitrogen and oxygen atoms in total. The SMILES string of the molecule is COC(=O)Cc1cc2c(cc1N)OCCO2. The molecule has 0 saturated heterocycles. The van der Waals surface area contributed by atoms with Gasteiger partial charge in [0.05, 0.1) is 13.5 Å². The lowest BCUT2D eigenvalue weighted by Gasteiger charge is -2.19. The monoisotopic (exact) mass is 223 g/mol. The number of nitrogens with two attached hydrogens (primary N) is 1. The summed E-state index contributed by atoms with van der Waals surface area (Å²) >= 11 is 0. The fourth-order valence-corrected chi connectivity index (χ4v) is 1.53. The predicted molar refractivity (Wildman–Crippen MR) is 57.6 cm³/mol. The van der Waals surface area contributed by atoms with E-state index >= 15 is 0 Å². The van der Waals surface area contributed by atoms with E-state index < -0.39 is 0 Å². The number of esters is 1. The maximum atomic E-state index is 11.2. The van der Waals surface area contributed by atoms with Gasteiger partial charge < -0.3 is 19.9 Å². The molecule has 0 aromatic heterocycles. The fraction of sp³-hybridized carbons (Fsp3) is 0.364. The summed E-state index contributed by atoms with van der Waals surface area (Å²) in [7, 11) is 1.34. The Balaban J connectivity index is 2.28. The summed E-state index contributed by atoms with van der Waals surface area (Å²) in [5, 5.41) is 0. The van der Waals surface area contributed by atoms with E-state index in [0.29, 0.717) is 36.0 Å². The minimum atomic E-state index is -0.330. The van der Waals surface area contributed by atoms with Crippen LogP contribution < -0.4 is 15.2 Å². The smallest absolute Gasteiger partial charge is 0.310 e. The molecule has 0 spiro atoms. The summed E-state index contributed by atoms with van der Waals surface area (Å²) < 4.78 is 15.4. The second-order valence-electron chi connectivity index (χ2n) is 3.45. The third-order valence-corrected chi connectivity index (χ3v) is 2.37. The highest BCUT2D eigenvalue weighted by Crippen LogP contribution is 2.34. The molecule has 0 saturated carbocycles. The Hall–Kier alpha value is -1.91. The minimum absolute atomic E-state index is 0.138. The van der Waals surface area contributed by atoms with Crippen molar-refractivity contribution in [2.45, 2.75) is 6.42 Å². The summed E-state index contributed by atoms with van der Waals surface area (Å²) in [6, 6.07) is 3.40. The van der Waals surface area contributed by atoms with Crippen LogP contribution in [0.25, 0.3) is 0 Å². The number of benzene rings is 1. The van der Waals surface area contributed by atoms with Crippen LogP contribution in [0.5, 0.6) is 11.5 Å². The number of ether oxygens (including phenoxy) is 3. The molecule has 0 bridgehead atoms. The molecule has 0 atom stereocenters. The number of fused-ring (bicyclic) bond motifs is 1. The molecule has 0 radical (unpaired) electrons. The van der Waals surface area contributed by atoms with Gasteiger partial charge in [-0.2, -0.15) is 0 Å². The van der Waals surface area contributed by atoms with Crippen LogP contribution in [0.1, 0.15) is 5.56 Å². The van der Waals surface area contributed by atoms with Gasteiger partial charge >= 0.3 is 5.97 Å². The first kappa shape index (κ1) is 10.6. The third kappa shape index (κ3) is 2.03. The van der Waals surface area contributed by atoms with Gasteiger partial charge in [-0.15, -0.1) is 0 Å². The number of hydrogen-bond donors (Lipinski definition) is 1. The standard InChI is InChI=1S/C11H13NO4/c1-14-11(13)5-7-4-9-10(6-8(7)12)16-3-2-15-9/h4,6H,2-3,5,12H2,1H3. The van der Waals surface area contributed by atoms with Gasteiger partial charge in [-0.05, 0) is 11.6 Å². The van der Waals surface area contributed by atoms with Crippen molar-refractivity contribution >= 4 is 11.7 Å². The zero-order valence-corrected chi connectivity index (χ0v) is 8.99. The van der Waals surface area contributed by atoms with E-state index in [-0.39, 0.29) is 12.4 Å². The van der Waals surface area contributed by atoms with Gasteiger partial charge in [0.15, 0.2) is 11.5 Å². The van der Waals surface area contributed by atoms with Crippen LogP contribution in [-0.4, -0.2) is 26.3 Å². The number of hydrogen-bond acceptors (Lipinski definition) is 5. The largest absolute Gasteiger partial charge is 0.486 e. The van der Waals surface area contributed by atoms with Crippen LogP contribution in [0.15, 0.2) is 12.1 Å². The minimum Gasteiger partial charge on any atom is -0.486 e. The molecule has 5 heteroatoms. The van der Waals surface area contributed by atoms with Gasteiger partial charge in [-0.25, -0.2) is 0 Å². The molecule has 0 aliphatic carbocycles. The summed E-state index contributed by atoms with van der Waals surface area (Å²) in [5.74, 6) is 0.917. The average molecular weight is 223 g/mol. The first-order valence-electron chi connectivity index (χ1n) is 4.95. The van der Waals surface area contributed by atoms with Crippen LogP contribution in [0.2, 0.25) is 0 Å². The Morgan fingerprint density at radius 1 is 1.38 bits per heavy atom. The summed E-state index contributed by atoms with van der Waals surface area (Å²) in [6.07, 6.45) is 0.138. The summed E-state index contributed by atoms with van der Waals surface area (Å²) in [5.41, 5.74) is 7.00. The second-order valence-corrected chi connectivity index (χ2v) is 3.45. The average Bonchev–Trinajstić information content (AvgIpc) is 2.30. The molecule has 1 aliphatic heterocycles. The van der Waals surface area contributed by atoms with Gasteiger partial charge in [-0.3, -0.25) is 4.79 Å². The quantitative estimate of drug-likeness (QED) is 0.592. The van der Waals surface area contributed by atoms with Crippen molar-refractivity contribution in [2.24, 2.45) is 0 Å². The number of carbonyl (C=O) groups excluding carboxylic acids is 1. The third-order valence-electron chi connectivity index (χ3n) is 2.37. The molecule has 0 unspecified atom stereocenters. The van der Waals surface area contributed by atoms with Gasteiger partial charge in [0.25, 0.3) is 0 Å². The molecule has 1 aliphatic rings. The van der Waals surface area contributed by atoms with E-state index in [1.807, 2.05) is 0 Å². The van der Waals surface area contributed by atoms with Crippen LogP contribution in [0.3, 0.4) is 0 Å². The second kappa shape index (κ2) is 4.30.